The first kappa shape index (κ1) is 16.1. The Morgan fingerprint density at radius 2 is 1.56 bits per heavy atom. The molecule has 2 heterocycles. The van der Waals surface area contributed by atoms with Crippen LogP contribution in [0.25, 0.3) is 16.9 Å². The fraction of sp³-hybridized carbons (Fsp3) is 0.136. The van der Waals surface area contributed by atoms with Crippen molar-refractivity contribution in [3.63, 3.8) is 0 Å². The van der Waals surface area contributed by atoms with E-state index >= 15 is 0 Å². The van der Waals surface area contributed by atoms with Gasteiger partial charge in [-0.2, -0.15) is 0 Å². The molecule has 0 saturated heterocycles. The van der Waals surface area contributed by atoms with Crippen molar-refractivity contribution in [2.45, 2.75) is 20.3 Å². The zero-order chi connectivity index (χ0) is 17.4. The van der Waals surface area contributed by atoms with Crippen LogP contribution in [0.4, 0.5) is 0 Å². The van der Waals surface area contributed by atoms with Crippen LogP contribution in [-0.4, -0.2) is 9.38 Å². The van der Waals surface area contributed by atoms with Crippen LogP contribution in [0.2, 0.25) is 0 Å². The molecule has 0 fully saturated rings. The molecule has 0 aliphatic rings. The van der Waals surface area contributed by atoms with Gasteiger partial charge in [-0.05, 0) is 47.0 Å². The molecule has 0 atom stereocenters. The molecule has 0 N–H and O–H groups in total. The number of hydrogen-bond acceptors (Lipinski definition) is 1. The van der Waals surface area contributed by atoms with E-state index in [1.54, 1.807) is 0 Å². The third-order valence-electron chi connectivity index (χ3n) is 4.61. The summed E-state index contributed by atoms with van der Waals surface area (Å²) in [7, 11) is 0. The van der Waals surface area contributed by atoms with Gasteiger partial charge in [0.05, 0.1) is 11.4 Å². The Kier molecular flexibility index (Phi) is 4.18. The van der Waals surface area contributed by atoms with Gasteiger partial charge in [0.2, 0.25) is 0 Å². The van der Waals surface area contributed by atoms with Gasteiger partial charge in [0, 0.05) is 22.2 Å². The third-order valence-corrected chi connectivity index (χ3v) is 5.80. The standard InChI is InChI=1S/C22H19BrN2/c1-15-13-20-24-22(18-11-7-4-8-12-18)19(25(20)16(2)21(15)23)14-17-9-5-3-6-10-17/h3-13H,14H2,1-2H3. The second-order valence-corrected chi connectivity index (χ2v) is 7.15. The molecule has 0 unspecified atom stereocenters. The van der Waals surface area contributed by atoms with Crippen molar-refractivity contribution in [1.82, 2.24) is 9.38 Å². The summed E-state index contributed by atoms with van der Waals surface area (Å²) in [5.41, 5.74) is 8.14. The number of fused-ring (bicyclic) bond motifs is 1. The fourth-order valence-electron chi connectivity index (χ4n) is 3.36. The first-order chi connectivity index (χ1) is 12.1. The number of rotatable bonds is 3. The second-order valence-electron chi connectivity index (χ2n) is 6.36. The maximum atomic E-state index is 4.98. The van der Waals surface area contributed by atoms with Crippen molar-refractivity contribution in [2.24, 2.45) is 0 Å². The van der Waals surface area contributed by atoms with Crippen molar-refractivity contribution in [3.8, 4) is 11.3 Å². The first-order valence-electron chi connectivity index (χ1n) is 8.41. The molecule has 0 bridgehead atoms. The molecule has 4 rings (SSSR count). The van der Waals surface area contributed by atoms with E-state index in [-0.39, 0.29) is 0 Å². The molecule has 0 radical (unpaired) electrons. The maximum absolute atomic E-state index is 4.98. The van der Waals surface area contributed by atoms with Crippen LogP contribution >= 0.6 is 15.9 Å². The number of pyridine rings is 1. The van der Waals surface area contributed by atoms with Crippen LogP contribution in [0.3, 0.4) is 0 Å². The second kappa shape index (κ2) is 6.49. The molecular weight excluding hydrogens is 372 g/mol. The predicted molar refractivity (Wildman–Crippen MR) is 107 cm³/mol. The maximum Gasteiger partial charge on any atom is 0.138 e. The summed E-state index contributed by atoms with van der Waals surface area (Å²) >= 11 is 3.74. The van der Waals surface area contributed by atoms with E-state index in [9.17, 15) is 0 Å². The van der Waals surface area contributed by atoms with E-state index in [0.29, 0.717) is 0 Å². The minimum atomic E-state index is 0.850. The summed E-state index contributed by atoms with van der Waals surface area (Å²) in [6.07, 6.45) is 0.850. The lowest BCUT2D eigenvalue weighted by Crippen LogP contribution is -2.01. The SMILES string of the molecule is Cc1cc2nc(-c3ccccc3)c(Cc3ccccc3)n2c(C)c1Br. The zero-order valence-electron chi connectivity index (χ0n) is 14.3. The summed E-state index contributed by atoms with van der Waals surface area (Å²) in [6.45, 7) is 4.26. The molecule has 2 aromatic heterocycles. The first-order valence-corrected chi connectivity index (χ1v) is 9.21. The molecule has 25 heavy (non-hydrogen) atoms. The van der Waals surface area contributed by atoms with E-state index in [4.69, 9.17) is 4.98 Å². The number of imidazole rings is 1. The van der Waals surface area contributed by atoms with Gasteiger partial charge in [-0.15, -0.1) is 0 Å². The van der Waals surface area contributed by atoms with E-state index in [2.05, 4.69) is 94.8 Å². The highest BCUT2D eigenvalue weighted by atomic mass is 79.9. The summed E-state index contributed by atoms with van der Waals surface area (Å²) in [5.74, 6) is 0. The molecule has 4 aromatic rings. The topological polar surface area (TPSA) is 17.3 Å². The van der Waals surface area contributed by atoms with Crippen molar-refractivity contribution >= 4 is 21.6 Å². The largest absolute Gasteiger partial charge is 0.299 e. The van der Waals surface area contributed by atoms with Crippen molar-refractivity contribution in [2.75, 3.05) is 0 Å². The normalized spacial score (nSPS) is 11.2. The molecule has 3 heteroatoms. The molecule has 124 valence electrons. The molecular formula is C22H19BrN2. The van der Waals surface area contributed by atoms with Crippen molar-refractivity contribution < 1.29 is 0 Å². The van der Waals surface area contributed by atoms with Gasteiger partial charge in [0.1, 0.15) is 5.65 Å². The highest BCUT2D eigenvalue weighted by Crippen LogP contribution is 2.31. The Morgan fingerprint density at radius 1 is 0.920 bits per heavy atom. The minimum Gasteiger partial charge on any atom is -0.299 e. The van der Waals surface area contributed by atoms with Gasteiger partial charge in [-0.1, -0.05) is 60.7 Å². The highest BCUT2D eigenvalue weighted by Gasteiger charge is 2.17. The van der Waals surface area contributed by atoms with E-state index < -0.39 is 0 Å². The Labute approximate surface area is 156 Å². The Morgan fingerprint density at radius 3 is 2.24 bits per heavy atom. The predicted octanol–water partition coefficient (Wildman–Crippen LogP) is 5.97. The lowest BCUT2D eigenvalue weighted by molar-refractivity contribution is 0.972. The average Bonchev–Trinajstić information content (AvgIpc) is 2.99. The molecule has 0 aliphatic carbocycles. The van der Waals surface area contributed by atoms with Gasteiger partial charge in [0.25, 0.3) is 0 Å². The summed E-state index contributed by atoms with van der Waals surface area (Å²) in [6, 6.07) is 23.2. The van der Waals surface area contributed by atoms with Crippen LogP contribution in [0.1, 0.15) is 22.5 Å². The number of halogens is 1. The van der Waals surface area contributed by atoms with E-state index in [1.807, 2.05) is 6.07 Å². The smallest absolute Gasteiger partial charge is 0.138 e. The van der Waals surface area contributed by atoms with Gasteiger partial charge in [0.15, 0.2) is 0 Å². The van der Waals surface area contributed by atoms with Gasteiger partial charge in [-0.3, -0.25) is 4.40 Å². The highest BCUT2D eigenvalue weighted by molar-refractivity contribution is 9.10. The Hall–Kier alpha value is -2.39. The molecule has 2 aromatic carbocycles. The van der Waals surface area contributed by atoms with Crippen LogP contribution in [0, 0.1) is 13.8 Å². The van der Waals surface area contributed by atoms with Gasteiger partial charge < -0.3 is 0 Å². The Balaban J connectivity index is 2.00. The fourth-order valence-corrected chi connectivity index (χ4v) is 3.66. The summed E-state index contributed by atoms with van der Waals surface area (Å²) in [4.78, 5) is 4.98. The van der Waals surface area contributed by atoms with Crippen LogP contribution in [-0.2, 0) is 6.42 Å². The van der Waals surface area contributed by atoms with Crippen LogP contribution in [0.15, 0.2) is 71.2 Å². The number of aryl methyl sites for hydroxylation is 2. The number of aromatic nitrogens is 2. The zero-order valence-corrected chi connectivity index (χ0v) is 15.9. The molecule has 0 aliphatic heterocycles. The van der Waals surface area contributed by atoms with Crippen molar-refractivity contribution in [1.29, 1.82) is 0 Å². The van der Waals surface area contributed by atoms with Crippen LogP contribution in [0.5, 0.6) is 0 Å². The lowest BCUT2D eigenvalue weighted by atomic mass is 10.0. The third kappa shape index (κ3) is 2.89. The summed E-state index contributed by atoms with van der Waals surface area (Å²) in [5, 5.41) is 0. The molecule has 2 nitrogen and oxygen atoms in total. The number of benzene rings is 2. The number of nitrogens with zero attached hydrogens (tertiary/aromatic N) is 2. The minimum absolute atomic E-state index is 0.850. The van der Waals surface area contributed by atoms with E-state index in [1.165, 1.54) is 22.5 Å². The number of hydrogen-bond donors (Lipinski definition) is 0. The van der Waals surface area contributed by atoms with Gasteiger partial charge >= 0.3 is 0 Å². The molecule has 0 amide bonds. The average molecular weight is 391 g/mol. The lowest BCUT2D eigenvalue weighted by Gasteiger charge is -2.11. The monoisotopic (exact) mass is 390 g/mol. The quantitative estimate of drug-likeness (QED) is 0.421. The molecule has 0 spiro atoms. The van der Waals surface area contributed by atoms with E-state index in [0.717, 1.165) is 27.8 Å². The van der Waals surface area contributed by atoms with Gasteiger partial charge in [-0.25, -0.2) is 4.98 Å². The van der Waals surface area contributed by atoms with Crippen LogP contribution < -0.4 is 0 Å². The molecule has 0 saturated carbocycles. The Bertz CT molecular complexity index is 1030. The summed E-state index contributed by atoms with van der Waals surface area (Å²) < 4.78 is 3.43. The van der Waals surface area contributed by atoms with Crippen molar-refractivity contribution in [3.05, 3.63) is 93.7 Å².